The van der Waals surface area contributed by atoms with E-state index >= 15 is 0 Å². The van der Waals surface area contributed by atoms with Crippen molar-refractivity contribution in [2.75, 3.05) is 81.3 Å². The molecule has 3 amide bonds. The molecule has 3 aliphatic heterocycles. The second-order valence-electron chi connectivity index (χ2n) is 18.2. The fourth-order valence-electron chi connectivity index (χ4n) is 6.47. The highest BCUT2D eigenvalue weighted by atomic mass is 35.5. The van der Waals surface area contributed by atoms with Gasteiger partial charge in [-0.15, -0.1) is 11.6 Å². The Morgan fingerprint density at radius 1 is 0.753 bits per heavy atom. The highest BCUT2D eigenvalue weighted by Crippen LogP contribution is 2.38. The van der Waals surface area contributed by atoms with Crippen LogP contribution in [0, 0.1) is 0 Å². The molecule has 7 rings (SSSR count). The number of aromatic carboxylic acids is 1. The minimum Gasteiger partial charge on any atom is -0.476 e. The number of halogens is 11. The summed E-state index contributed by atoms with van der Waals surface area (Å²) in [7, 11) is -9.09. The number of nitrogens with one attached hydrogen (secondary N) is 5. The van der Waals surface area contributed by atoms with Gasteiger partial charge in [0, 0.05) is 49.7 Å². The smallest absolute Gasteiger partial charge is 0.417 e. The van der Waals surface area contributed by atoms with Crippen molar-refractivity contribution >= 4 is 113 Å². The molecule has 3 fully saturated rings. The molecule has 0 spiro atoms. The van der Waals surface area contributed by atoms with Crippen LogP contribution in [0.4, 0.5) is 37.7 Å². The minimum atomic E-state index is -4.87. The number of aliphatic hydroxyl groups excluding tert-OH is 2. The molecule has 0 saturated carbocycles. The molecule has 0 bridgehead atoms. The number of morpholine rings is 3. The van der Waals surface area contributed by atoms with Crippen molar-refractivity contribution in [3.05, 3.63) is 104 Å². The number of rotatable bonds is 12. The third-order valence-electron chi connectivity index (χ3n) is 10.5. The number of amides is 3. The lowest BCUT2D eigenvalue weighted by atomic mass is 10.2. The topological polar surface area (TPSA) is 340 Å². The second-order valence-corrected chi connectivity index (χ2v) is 23.5. The van der Waals surface area contributed by atoms with Crippen molar-refractivity contribution in [3.63, 3.8) is 0 Å². The molecule has 36 heteroatoms. The lowest BCUT2D eigenvalue weighted by molar-refractivity contribution is -0.138. The number of benzene rings is 2. The Hall–Kier alpha value is -5.13. The summed E-state index contributed by atoms with van der Waals surface area (Å²) in [5.41, 5.74) is 0.715. The third kappa shape index (κ3) is 26.8. The zero-order chi connectivity index (χ0) is 64.6. The molecular formula is C49H62Cl5F6N9O14S2. The second kappa shape index (κ2) is 35.6. The molecule has 10 N–H and O–H groups in total. The molecule has 23 nitrogen and oxygen atoms in total. The van der Waals surface area contributed by atoms with Gasteiger partial charge in [-0.05, 0) is 83.1 Å². The molecule has 5 heterocycles. The first kappa shape index (κ1) is 76.0. The number of nitrogens with zero attached hydrogens (tertiary/aromatic N) is 3. The van der Waals surface area contributed by atoms with Gasteiger partial charge in [0.25, 0.3) is 26.0 Å². The number of carbonyl (C=O) groups is 4. The number of carbonyl (C=O) groups excluding carboxylic acids is 3. The van der Waals surface area contributed by atoms with E-state index in [4.69, 9.17) is 93.3 Å². The number of sulfonamides is 2. The summed E-state index contributed by atoms with van der Waals surface area (Å²) in [5, 5.41) is 32.5. The largest absolute Gasteiger partial charge is 0.476 e. The molecule has 2 aromatic carbocycles. The molecule has 0 aliphatic carbocycles. The van der Waals surface area contributed by atoms with Gasteiger partial charge in [-0.1, -0.05) is 46.4 Å². The summed E-state index contributed by atoms with van der Waals surface area (Å²) in [5.74, 6) is -2.44. The Morgan fingerprint density at radius 3 is 1.59 bits per heavy atom. The molecule has 85 heavy (non-hydrogen) atoms. The zero-order valence-electron chi connectivity index (χ0n) is 45.7. The van der Waals surface area contributed by atoms with Crippen LogP contribution in [0.5, 0.6) is 0 Å². The van der Waals surface area contributed by atoms with Gasteiger partial charge in [0.05, 0.1) is 105 Å². The predicted molar refractivity (Wildman–Crippen MR) is 304 cm³/mol. The normalized spacial score (nSPS) is 17.7. The summed E-state index contributed by atoms with van der Waals surface area (Å²) < 4.78 is 147. The molecule has 3 saturated heterocycles. The van der Waals surface area contributed by atoms with Gasteiger partial charge in [0.1, 0.15) is 12.5 Å². The summed E-state index contributed by atoms with van der Waals surface area (Å²) in [4.78, 5) is 52.3. The van der Waals surface area contributed by atoms with Crippen molar-refractivity contribution in [1.29, 1.82) is 0 Å². The Labute approximate surface area is 510 Å². The van der Waals surface area contributed by atoms with E-state index < -0.39 is 86.6 Å². The lowest BCUT2D eigenvalue weighted by Crippen LogP contribution is -2.47. The first-order valence-corrected chi connectivity index (χ1v) is 29.7. The Bertz CT molecular complexity index is 3090. The average molecular weight is 1360 g/mol. The van der Waals surface area contributed by atoms with E-state index in [0.717, 1.165) is 62.4 Å². The van der Waals surface area contributed by atoms with Gasteiger partial charge in [-0.3, -0.25) is 23.8 Å². The summed E-state index contributed by atoms with van der Waals surface area (Å²) in [6.45, 7) is 13.8. The van der Waals surface area contributed by atoms with Crippen molar-refractivity contribution in [3.8, 4) is 0 Å². The van der Waals surface area contributed by atoms with Crippen molar-refractivity contribution < 1.29 is 91.9 Å². The maximum absolute atomic E-state index is 13.1. The quantitative estimate of drug-likeness (QED) is 0.0537. The Morgan fingerprint density at radius 2 is 1.22 bits per heavy atom. The van der Waals surface area contributed by atoms with Gasteiger partial charge < -0.3 is 56.1 Å². The minimum absolute atomic E-state index is 0.0104. The zero-order valence-corrected chi connectivity index (χ0v) is 51.1. The van der Waals surface area contributed by atoms with Crippen LogP contribution in [0.25, 0.3) is 0 Å². The number of pyridine rings is 2. The summed E-state index contributed by atoms with van der Waals surface area (Å²) in [6.07, 6.45) is -7.57. The number of aromatic nitrogens is 2. The standard InChI is InChI=1S/C18H16Cl2F3N3O4S.C13H7Cl2F3N2O4S.C5H10ClNO2.C5H9NO2.C5H11NO.C3H9NO/c1-10-9-30-5-4-26(10)17(27)16-15(6-11(19)8-24-16)25-31(28,29)12-2-3-14(20)13(7-12)18(21,22)23;14-6-3-10(11(12(21)22)19-5-6)20-25(23,24)7-1-2-9(15)8(4-7)13(16,17)18;1-4(3-8)7-5(9)2-6;1-4-2-8-3-5(7)6-4;1-5-4-7-3-2-6-5;1-3(4)2-5/h2-3,6-8,10,25H,4-5,9H2,1H3;1-5,20H,(H,21,22);4,8H,2-3H2,1H3,(H,7,9);4H,2-3H2,1H3,(H,6,7);5-6H,2-4H2,1H3;3,5H,2,4H2,1H3/t10-;;2*4-;5-;3-/m1.1111/s1. The van der Waals surface area contributed by atoms with Crippen molar-refractivity contribution in [2.24, 2.45) is 5.73 Å². The maximum atomic E-state index is 13.1. The maximum Gasteiger partial charge on any atom is 0.417 e. The number of hydrogen-bond acceptors (Lipinski definition) is 17. The van der Waals surface area contributed by atoms with E-state index in [1.54, 1.807) is 20.8 Å². The van der Waals surface area contributed by atoms with Crippen LogP contribution < -0.4 is 31.1 Å². The highest BCUT2D eigenvalue weighted by molar-refractivity contribution is 7.93. The molecule has 3 aliphatic rings. The van der Waals surface area contributed by atoms with Gasteiger partial charge >= 0.3 is 18.3 Å². The van der Waals surface area contributed by atoms with E-state index in [1.165, 1.54) is 11.1 Å². The molecule has 2 aromatic heterocycles. The summed E-state index contributed by atoms with van der Waals surface area (Å²) in [6, 6.07) is 6.45. The third-order valence-corrected chi connectivity index (χ3v) is 14.6. The fraction of sp³-hybridized carbons (Fsp3) is 0.469. The number of ether oxygens (including phenoxy) is 3. The number of anilines is 2. The van der Waals surface area contributed by atoms with Crippen LogP contribution in [0.15, 0.2) is 70.7 Å². The molecule has 5 atom stereocenters. The van der Waals surface area contributed by atoms with E-state index in [9.17, 15) is 62.4 Å². The molecule has 0 unspecified atom stereocenters. The Kier molecular flexibility index (Phi) is 31.8. The first-order chi connectivity index (χ1) is 39.5. The van der Waals surface area contributed by atoms with E-state index in [0.29, 0.717) is 38.0 Å². The number of carboxylic acid groups (broad SMARTS) is 1. The molecule has 4 aromatic rings. The van der Waals surface area contributed by atoms with E-state index in [2.05, 4.69) is 37.6 Å². The van der Waals surface area contributed by atoms with Crippen LogP contribution in [0.2, 0.25) is 20.1 Å². The number of aliphatic hydroxyl groups is 2. The summed E-state index contributed by atoms with van der Waals surface area (Å²) >= 11 is 27.7. The van der Waals surface area contributed by atoms with Crippen LogP contribution in [-0.2, 0) is 56.2 Å². The van der Waals surface area contributed by atoms with Crippen LogP contribution in [0.1, 0.15) is 66.7 Å². The number of alkyl halides is 7. The van der Waals surface area contributed by atoms with Crippen LogP contribution in [0.3, 0.4) is 0 Å². The monoisotopic (exact) mass is 1350 g/mol. The molecule has 476 valence electrons. The fourth-order valence-corrected chi connectivity index (χ4v) is 9.48. The van der Waals surface area contributed by atoms with Gasteiger partial charge in [-0.2, -0.15) is 26.3 Å². The van der Waals surface area contributed by atoms with Crippen molar-refractivity contribution in [2.45, 2.75) is 87.0 Å². The number of hydrogen-bond donors (Lipinski definition) is 9. The van der Waals surface area contributed by atoms with Crippen LogP contribution >= 0.6 is 58.0 Å². The van der Waals surface area contributed by atoms with Crippen LogP contribution in [-0.4, -0.2) is 173 Å². The SMILES string of the molecule is C[C@@H](N)CO.C[C@@H]1COCC(=O)N1.C[C@@H]1COCCN1.C[C@@H]1COCCN1C(=O)c1ncc(Cl)cc1NS(=O)(=O)c1ccc(Cl)c(C(F)(F)F)c1.C[C@H](CO)NC(=O)CCl.O=C(O)c1ncc(Cl)cc1NS(=O)(=O)c1ccc(Cl)c(C(F)(F)F)c1. The molecule has 0 radical (unpaired) electrons. The predicted octanol–water partition coefficient (Wildman–Crippen LogP) is 6.54. The highest BCUT2D eigenvalue weighted by Gasteiger charge is 2.37. The average Bonchev–Trinajstić information content (AvgIpc) is 1.89. The number of nitrogens with two attached hydrogens (primary N) is 1. The molecular weight excluding hydrogens is 1290 g/mol. The Balaban J connectivity index is 0.000000399. The van der Waals surface area contributed by atoms with E-state index in [1.807, 2.05) is 11.6 Å². The first-order valence-electron chi connectivity index (χ1n) is 24.7. The van der Waals surface area contributed by atoms with Gasteiger partial charge in [0.2, 0.25) is 11.8 Å². The van der Waals surface area contributed by atoms with Crippen molar-refractivity contribution in [1.82, 2.24) is 30.8 Å². The lowest BCUT2D eigenvalue weighted by Gasteiger charge is -2.33. The van der Waals surface area contributed by atoms with Gasteiger partial charge in [0.15, 0.2) is 11.4 Å². The van der Waals surface area contributed by atoms with E-state index in [-0.39, 0.29) is 89.7 Å². The van der Waals surface area contributed by atoms with Gasteiger partial charge in [-0.25, -0.2) is 31.6 Å². The number of carboxylic acids is 1.